The molecule has 0 aliphatic carbocycles. The van der Waals surface area contributed by atoms with Gasteiger partial charge in [-0.3, -0.25) is 9.59 Å². The Hall–Kier alpha value is -3.02. The number of amides is 2. The van der Waals surface area contributed by atoms with E-state index in [1.807, 2.05) is 38.1 Å². The van der Waals surface area contributed by atoms with Crippen LogP contribution in [-0.2, 0) is 9.59 Å². The van der Waals surface area contributed by atoms with E-state index in [1.54, 1.807) is 24.3 Å². The predicted molar refractivity (Wildman–Crippen MR) is 114 cm³/mol. The van der Waals surface area contributed by atoms with Crippen LogP contribution in [0.3, 0.4) is 0 Å². The number of hydrogen-bond acceptors (Lipinski definition) is 4. The summed E-state index contributed by atoms with van der Waals surface area (Å²) in [6, 6.07) is 14.6. The number of nitrogens with one attached hydrogen (secondary N) is 3. The highest BCUT2D eigenvalue weighted by Gasteiger charge is 2.08. The molecule has 2 rings (SSSR count). The molecule has 0 radical (unpaired) electrons. The highest BCUT2D eigenvalue weighted by atomic mass is 16.5. The van der Waals surface area contributed by atoms with Crippen molar-refractivity contribution in [3.05, 3.63) is 48.5 Å². The summed E-state index contributed by atoms with van der Waals surface area (Å²) in [5, 5.41) is 8.77. The van der Waals surface area contributed by atoms with Gasteiger partial charge in [-0.1, -0.05) is 39.3 Å². The van der Waals surface area contributed by atoms with Gasteiger partial charge in [-0.2, -0.15) is 0 Å². The molecule has 0 aliphatic rings. The molecule has 0 spiro atoms. The molecule has 2 aromatic rings. The number of rotatable bonds is 10. The van der Waals surface area contributed by atoms with Gasteiger partial charge in [0.1, 0.15) is 5.75 Å². The maximum atomic E-state index is 12.2. The molecule has 0 fully saturated rings. The molecule has 150 valence electrons. The van der Waals surface area contributed by atoms with Crippen LogP contribution in [0.5, 0.6) is 5.75 Å². The number of carbonyl (C=O) groups is 2. The zero-order valence-electron chi connectivity index (χ0n) is 16.7. The maximum absolute atomic E-state index is 12.2. The lowest BCUT2D eigenvalue weighted by Crippen LogP contribution is -2.22. The van der Waals surface area contributed by atoms with Crippen LogP contribution < -0.4 is 20.7 Å². The molecule has 3 N–H and O–H groups in total. The molecule has 6 nitrogen and oxygen atoms in total. The van der Waals surface area contributed by atoms with Gasteiger partial charge in [0.2, 0.25) is 11.8 Å². The van der Waals surface area contributed by atoms with Gasteiger partial charge < -0.3 is 20.7 Å². The minimum atomic E-state index is -0.165. The number of carbonyl (C=O) groups excluding carboxylic acids is 2. The number of para-hydroxylation sites is 2. The van der Waals surface area contributed by atoms with Crippen LogP contribution in [0.1, 0.15) is 33.6 Å². The Bertz CT molecular complexity index is 773. The van der Waals surface area contributed by atoms with Crippen molar-refractivity contribution >= 4 is 28.9 Å². The molecule has 0 heterocycles. The number of benzene rings is 2. The first-order chi connectivity index (χ1) is 13.5. The van der Waals surface area contributed by atoms with Gasteiger partial charge in [0.05, 0.1) is 18.8 Å². The zero-order valence-corrected chi connectivity index (χ0v) is 16.7. The summed E-state index contributed by atoms with van der Waals surface area (Å²) in [7, 11) is 0. The molecule has 0 unspecified atom stereocenters. The molecule has 2 aromatic carbocycles. The Labute approximate surface area is 166 Å². The van der Waals surface area contributed by atoms with Crippen LogP contribution in [0.4, 0.5) is 17.1 Å². The smallest absolute Gasteiger partial charge is 0.243 e. The second kappa shape index (κ2) is 11.0. The van der Waals surface area contributed by atoms with Gasteiger partial charge in [-0.25, -0.2) is 0 Å². The van der Waals surface area contributed by atoms with E-state index in [-0.39, 0.29) is 24.3 Å². The summed E-state index contributed by atoms with van der Waals surface area (Å²) in [5.74, 6) is 0.455. The van der Waals surface area contributed by atoms with E-state index < -0.39 is 0 Å². The van der Waals surface area contributed by atoms with Gasteiger partial charge in [-0.15, -0.1) is 0 Å². The fraction of sp³-hybridized carbons (Fsp3) is 0.364. The molecule has 6 heteroatoms. The standard InChI is InChI=1S/C22H29N3O3/c1-4-5-14-28-20-9-7-6-8-19(20)23-15-21(26)24-17-10-12-18(13-11-17)25-22(27)16(2)3/h6-13,16,23H,4-5,14-15H2,1-3H3,(H,24,26)(H,25,27). The van der Waals surface area contributed by atoms with Gasteiger partial charge in [0.25, 0.3) is 0 Å². The van der Waals surface area contributed by atoms with Crippen molar-refractivity contribution < 1.29 is 14.3 Å². The first-order valence-corrected chi connectivity index (χ1v) is 9.66. The third-order valence-corrected chi connectivity index (χ3v) is 4.04. The summed E-state index contributed by atoms with van der Waals surface area (Å²) >= 11 is 0. The Kier molecular flexibility index (Phi) is 8.34. The van der Waals surface area contributed by atoms with E-state index in [1.165, 1.54) is 0 Å². The molecule has 0 atom stereocenters. The molecule has 0 aliphatic heterocycles. The number of unbranched alkanes of at least 4 members (excludes halogenated alkanes) is 1. The Morgan fingerprint density at radius 2 is 1.61 bits per heavy atom. The minimum absolute atomic E-state index is 0.0409. The fourth-order valence-electron chi connectivity index (χ4n) is 2.37. The van der Waals surface area contributed by atoms with Gasteiger partial charge in [-0.05, 0) is 42.8 Å². The third-order valence-electron chi connectivity index (χ3n) is 4.04. The van der Waals surface area contributed by atoms with Crippen LogP contribution in [-0.4, -0.2) is 25.0 Å². The number of hydrogen-bond donors (Lipinski definition) is 3. The van der Waals surface area contributed by atoms with Crippen LogP contribution in [0.25, 0.3) is 0 Å². The largest absolute Gasteiger partial charge is 0.491 e. The molecule has 0 saturated carbocycles. The minimum Gasteiger partial charge on any atom is -0.491 e. The fourth-order valence-corrected chi connectivity index (χ4v) is 2.37. The molecule has 28 heavy (non-hydrogen) atoms. The monoisotopic (exact) mass is 383 g/mol. The summed E-state index contributed by atoms with van der Waals surface area (Å²) in [6.45, 7) is 6.57. The Morgan fingerprint density at radius 1 is 0.964 bits per heavy atom. The second-order valence-electron chi connectivity index (χ2n) is 6.82. The van der Waals surface area contributed by atoms with Crippen molar-refractivity contribution in [3.63, 3.8) is 0 Å². The third kappa shape index (κ3) is 6.95. The molecule has 2 amide bonds. The van der Waals surface area contributed by atoms with Crippen LogP contribution in [0.2, 0.25) is 0 Å². The van der Waals surface area contributed by atoms with Gasteiger partial charge >= 0.3 is 0 Å². The Balaban J connectivity index is 1.85. The zero-order chi connectivity index (χ0) is 20.4. The normalized spacial score (nSPS) is 10.4. The van der Waals surface area contributed by atoms with E-state index in [0.29, 0.717) is 18.0 Å². The van der Waals surface area contributed by atoms with Crippen LogP contribution >= 0.6 is 0 Å². The number of ether oxygens (including phenoxy) is 1. The van der Waals surface area contributed by atoms with Crippen molar-refractivity contribution in [2.24, 2.45) is 5.92 Å². The van der Waals surface area contributed by atoms with Gasteiger partial charge in [0.15, 0.2) is 0 Å². The van der Waals surface area contributed by atoms with Crippen molar-refractivity contribution in [3.8, 4) is 5.75 Å². The highest BCUT2D eigenvalue weighted by molar-refractivity contribution is 5.95. The lowest BCUT2D eigenvalue weighted by atomic mass is 10.2. The predicted octanol–water partition coefficient (Wildman–Crippen LogP) is 4.51. The first-order valence-electron chi connectivity index (χ1n) is 9.66. The summed E-state index contributed by atoms with van der Waals surface area (Å²) in [6.07, 6.45) is 2.06. The lowest BCUT2D eigenvalue weighted by Gasteiger charge is -2.13. The highest BCUT2D eigenvalue weighted by Crippen LogP contribution is 2.23. The van der Waals surface area contributed by atoms with E-state index in [0.717, 1.165) is 24.3 Å². The SMILES string of the molecule is CCCCOc1ccccc1NCC(=O)Nc1ccc(NC(=O)C(C)C)cc1. The van der Waals surface area contributed by atoms with Crippen molar-refractivity contribution in [2.75, 3.05) is 29.1 Å². The lowest BCUT2D eigenvalue weighted by molar-refractivity contribution is -0.119. The van der Waals surface area contributed by atoms with Crippen LogP contribution in [0, 0.1) is 5.92 Å². The van der Waals surface area contributed by atoms with E-state index >= 15 is 0 Å². The Morgan fingerprint density at radius 3 is 2.25 bits per heavy atom. The topological polar surface area (TPSA) is 79.5 Å². The average molecular weight is 383 g/mol. The van der Waals surface area contributed by atoms with Crippen molar-refractivity contribution in [1.82, 2.24) is 0 Å². The van der Waals surface area contributed by atoms with E-state index in [2.05, 4.69) is 22.9 Å². The summed E-state index contributed by atoms with van der Waals surface area (Å²) in [5.41, 5.74) is 2.16. The molecular weight excluding hydrogens is 354 g/mol. The van der Waals surface area contributed by atoms with Crippen molar-refractivity contribution in [2.45, 2.75) is 33.6 Å². The quantitative estimate of drug-likeness (QED) is 0.527. The second-order valence-corrected chi connectivity index (χ2v) is 6.82. The molecule has 0 saturated heterocycles. The van der Waals surface area contributed by atoms with Crippen LogP contribution in [0.15, 0.2) is 48.5 Å². The summed E-state index contributed by atoms with van der Waals surface area (Å²) < 4.78 is 5.76. The van der Waals surface area contributed by atoms with Gasteiger partial charge in [0, 0.05) is 17.3 Å². The van der Waals surface area contributed by atoms with Crippen molar-refractivity contribution in [1.29, 1.82) is 0 Å². The average Bonchev–Trinajstić information content (AvgIpc) is 2.69. The molecule has 0 aromatic heterocycles. The maximum Gasteiger partial charge on any atom is 0.243 e. The number of anilines is 3. The molecule has 0 bridgehead atoms. The first kappa shape index (κ1) is 21.3. The van der Waals surface area contributed by atoms with E-state index in [4.69, 9.17) is 4.74 Å². The molecular formula is C22H29N3O3. The summed E-state index contributed by atoms with van der Waals surface area (Å²) in [4.78, 5) is 23.9. The van der Waals surface area contributed by atoms with E-state index in [9.17, 15) is 9.59 Å².